The van der Waals surface area contributed by atoms with Crippen LogP contribution in [0, 0.1) is 0 Å². The van der Waals surface area contributed by atoms with Crippen LogP contribution in [0.15, 0.2) is 18.2 Å². The molecule has 1 aromatic rings. The minimum absolute atomic E-state index is 0.298. The van der Waals surface area contributed by atoms with E-state index in [0.717, 1.165) is 29.4 Å². The highest BCUT2D eigenvalue weighted by Crippen LogP contribution is 2.35. The molecule has 1 aromatic carbocycles. The van der Waals surface area contributed by atoms with E-state index < -0.39 is 10.8 Å². The van der Waals surface area contributed by atoms with Gasteiger partial charge in [-0.2, -0.15) is 0 Å². The van der Waals surface area contributed by atoms with Crippen molar-refractivity contribution in [1.82, 2.24) is 5.32 Å². The maximum Gasteiger partial charge on any atom is 0.231 e. The van der Waals surface area contributed by atoms with Crippen molar-refractivity contribution in [2.75, 3.05) is 24.8 Å². The summed E-state index contributed by atoms with van der Waals surface area (Å²) in [7, 11) is -0.702. The first-order valence-electron chi connectivity index (χ1n) is 5.74. The second-order valence-corrected chi connectivity index (χ2v) is 5.63. The molecule has 94 valence electrons. The number of hydrogen-bond donors (Lipinski definition) is 1. The minimum Gasteiger partial charge on any atom is -0.454 e. The number of hydrogen-bond acceptors (Lipinski definition) is 4. The van der Waals surface area contributed by atoms with Crippen LogP contribution >= 0.6 is 0 Å². The first-order valence-corrected chi connectivity index (χ1v) is 7.23. The third-order valence-corrected chi connectivity index (χ3v) is 3.93. The molecule has 0 spiro atoms. The van der Waals surface area contributed by atoms with E-state index in [4.69, 9.17) is 9.47 Å². The van der Waals surface area contributed by atoms with Gasteiger partial charge in [0.25, 0.3) is 0 Å². The van der Waals surface area contributed by atoms with E-state index in [0.29, 0.717) is 19.1 Å². The van der Waals surface area contributed by atoms with Crippen molar-refractivity contribution in [3.8, 4) is 11.5 Å². The molecule has 1 aliphatic rings. The van der Waals surface area contributed by atoms with Crippen molar-refractivity contribution in [3.05, 3.63) is 23.8 Å². The summed E-state index contributed by atoms with van der Waals surface area (Å²) in [5.74, 6) is 3.06. The summed E-state index contributed by atoms with van der Waals surface area (Å²) < 4.78 is 21.9. The van der Waals surface area contributed by atoms with E-state index in [-0.39, 0.29) is 0 Å². The molecule has 1 unspecified atom stereocenters. The molecule has 0 radical (unpaired) electrons. The minimum atomic E-state index is -0.702. The lowest BCUT2D eigenvalue weighted by Crippen LogP contribution is -2.20. The number of ether oxygens (including phenoxy) is 2. The van der Waals surface area contributed by atoms with Crippen LogP contribution in [0.25, 0.3) is 0 Å². The number of nitrogens with one attached hydrogen (secondary N) is 1. The second kappa shape index (κ2) is 6.02. The summed E-state index contributed by atoms with van der Waals surface area (Å²) in [6.07, 6.45) is 0. The number of benzene rings is 1. The molecule has 0 amide bonds. The summed E-state index contributed by atoms with van der Waals surface area (Å²) >= 11 is 0. The van der Waals surface area contributed by atoms with Crippen LogP contribution in [0.4, 0.5) is 0 Å². The van der Waals surface area contributed by atoms with Gasteiger partial charge >= 0.3 is 0 Å². The topological polar surface area (TPSA) is 47.6 Å². The molecule has 0 aromatic heterocycles. The highest BCUT2D eigenvalue weighted by Gasteiger charge is 2.16. The van der Waals surface area contributed by atoms with Crippen molar-refractivity contribution in [1.29, 1.82) is 0 Å². The second-order valence-electron chi connectivity index (χ2n) is 3.76. The van der Waals surface area contributed by atoms with Gasteiger partial charge < -0.3 is 14.8 Å². The monoisotopic (exact) mass is 255 g/mol. The maximum atomic E-state index is 11.2. The van der Waals surface area contributed by atoms with E-state index in [2.05, 4.69) is 5.32 Å². The van der Waals surface area contributed by atoms with Crippen LogP contribution in [0.3, 0.4) is 0 Å². The maximum absolute atomic E-state index is 11.2. The van der Waals surface area contributed by atoms with Gasteiger partial charge in [-0.1, -0.05) is 19.1 Å². The number of fused-ring (bicyclic) bond motifs is 1. The lowest BCUT2D eigenvalue weighted by atomic mass is 10.2. The zero-order valence-corrected chi connectivity index (χ0v) is 10.7. The summed E-state index contributed by atoms with van der Waals surface area (Å²) in [5.41, 5.74) is 1.09. The Balaban J connectivity index is 1.83. The predicted octanol–water partition coefficient (Wildman–Crippen LogP) is 1.27. The first kappa shape index (κ1) is 12.4. The molecular formula is C12H17NO3S. The van der Waals surface area contributed by atoms with Crippen molar-refractivity contribution in [2.24, 2.45) is 0 Å². The normalized spacial score (nSPS) is 14.9. The van der Waals surface area contributed by atoms with Gasteiger partial charge in [-0.3, -0.25) is 4.21 Å². The molecule has 0 fully saturated rings. The van der Waals surface area contributed by atoms with Crippen LogP contribution in [-0.4, -0.2) is 29.1 Å². The summed E-state index contributed by atoms with van der Waals surface area (Å²) in [6.45, 7) is 3.70. The van der Waals surface area contributed by atoms with Crippen molar-refractivity contribution in [2.45, 2.75) is 13.5 Å². The molecule has 2 rings (SSSR count). The molecule has 0 saturated heterocycles. The Morgan fingerprint density at radius 2 is 2.29 bits per heavy atom. The predicted molar refractivity (Wildman–Crippen MR) is 67.8 cm³/mol. The Bertz CT molecular complexity index is 409. The Morgan fingerprint density at radius 1 is 1.41 bits per heavy atom. The molecule has 1 N–H and O–H groups in total. The van der Waals surface area contributed by atoms with Gasteiger partial charge in [0.05, 0.1) is 0 Å². The van der Waals surface area contributed by atoms with Gasteiger partial charge in [-0.25, -0.2) is 0 Å². The van der Waals surface area contributed by atoms with E-state index in [9.17, 15) is 4.21 Å². The molecule has 1 aliphatic heterocycles. The Hall–Kier alpha value is -1.07. The van der Waals surface area contributed by atoms with Crippen LogP contribution in [0.1, 0.15) is 12.5 Å². The van der Waals surface area contributed by atoms with E-state index in [1.54, 1.807) is 0 Å². The average Bonchev–Trinajstić information content (AvgIpc) is 2.83. The molecule has 0 aliphatic carbocycles. The molecule has 5 heteroatoms. The van der Waals surface area contributed by atoms with Crippen molar-refractivity contribution >= 4 is 10.8 Å². The molecule has 4 nitrogen and oxygen atoms in total. The van der Waals surface area contributed by atoms with Gasteiger partial charge in [-0.15, -0.1) is 0 Å². The van der Waals surface area contributed by atoms with Gasteiger partial charge in [0.15, 0.2) is 11.5 Å². The van der Waals surface area contributed by atoms with E-state index >= 15 is 0 Å². The fourth-order valence-electron chi connectivity index (χ4n) is 1.68. The molecule has 1 heterocycles. The molecule has 0 bridgehead atoms. The molecule has 0 saturated carbocycles. The number of para-hydroxylation sites is 1. The van der Waals surface area contributed by atoms with Gasteiger partial charge in [0, 0.05) is 41.0 Å². The van der Waals surface area contributed by atoms with Crippen molar-refractivity contribution in [3.63, 3.8) is 0 Å². The standard InChI is InChI=1S/C12H17NO3S/c1-2-17(14)7-6-13-8-10-4-3-5-11-12(10)16-9-15-11/h3-5,13H,2,6-9H2,1H3. The first-order chi connectivity index (χ1) is 8.31. The smallest absolute Gasteiger partial charge is 0.231 e. The largest absolute Gasteiger partial charge is 0.454 e. The highest BCUT2D eigenvalue weighted by atomic mass is 32.2. The zero-order chi connectivity index (χ0) is 12.1. The summed E-state index contributed by atoms with van der Waals surface area (Å²) in [6, 6.07) is 5.87. The Morgan fingerprint density at radius 3 is 3.12 bits per heavy atom. The summed E-state index contributed by atoms with van der Waals surface area (Å²) in [5, 5.41) is 3.27. The third kappa shape index (κ3) is 3.20. The van der Waals surface area contributed by atoms with Crippen molar-refractivity contribution < 1.29 is 13.7 Å². The van der Waals surface area contributed by atoms with Crippen LogP contribution < -0.4 is 14.8 Å². The van der Waals surface area contributed by atoms with Crippen LogP contribution in [0.2, 0.25) is 0 Å². The van der Waals surface area contributed by atoms with E-state index in [1.165, 1.54) is 0 Å². The SMILES string of the molecule is CCS(=O)CCNCc1cccc2c1OCO2. The lowest BCUT2D eigenvalue weighted by molar-refractivity contribution is 0.173. The van der Waals surface area contributed by atoms with Gasteiger partial charge in [0.1, 0.15) is 0 Å². The Labute approximate surface area is 104 Å². The molecular weight excluding hydrogens is 238 g/mol. The lowest BCUT2D eigenvalue weighted by Gasteiger charge is -2.07. The fourth-order valence-corrected chi connectivity index (χ4v) is 2.34. The average molecular weight is 255 g/mol. The molecule has 1 atom stereocenters. The summed E-state index contributed by atoms with van der Waals surface area (Å²) in [4.78, 5) is 0. The van der Waals surface area contributed by atoms with E-state index in [1.807, 2.05) is 25.1 Å². The van der Waals surface area contributed by atoms with Crippen LogP contribution in [-0.2, 0) is 17.3 Å². The molecule has 17 heavy (non-hydrogen) atoms. The van der Waals surface area contributed by atoms with Gasteiger partial charge in [0.2, 0.25) is 6.79 Å². The quantitative estimate of drug-likeness (QED) is 0.778. The van der Waals surface area contributed by atoms with Gasteiger partial charge in [-0.05, 0) is 6.07 Å². The third-order valence-electron chi connectivity index (χ3n) is 2.62. The zero-order valence-electron chi connectivity index (χ0n) is 9.90. The van der Waals surface area contributed by atoms with Crippen LogP contribution in [0.5, 0.6) is 11.5 Å². The number of rotatable bonds is 6. The Kier molecular flexibility index (Phi) is 4.39. The highest BCUT2D eigenvalue weighted by molar-refractivity contribution is 7.84. The fraction of sp³-hybridized carbons (Fsp3) is 0.500.